The van der Waals surface area contributed by atoms with E-state index in [0.717, 1.165) is 6.42 Å². The number of benzene rings is 2. The van der Waals surface area contributed by atoms with Crippen LogP contribution >= 0.6 is 0 Å². The second-order valence-corrected chi connectivity index (χ2v) is 5.97. The summed E-state index contributed by atoms with van der Waals surface area (Å²) in [4.78, 5) is 6.69. The molecule has 1 N–H and O–H groups in total. The molecule has 0 spiro atoms. The summed E-state index contributed by atoms with van der Waals surface area (Å²) in [5.74, 6) is 0.579. The molecular formula is C20H26N2O2. The van der Waals surface area contributed by atoms with Crippen LogP contribution in [0.2, 0.25) is 0 Å². The first-order valence-corrected chi connectivity index (χ1v) is 8.17. The lowest BCUT2D eigenvalue weighted by Gasteiger charge is -2.23. The molecule has 0 amide bonds. The van der Waals surface area contributed by atoms with E-state index in [0.29, 0.717) is 17.9 Å². The molecule has 128 valence electrons. The average Bonchev–Trinajstić information content (AvgIpc) is 2.60. The number of nitrogens with zero attached hydrogens (tertiary/aromatic N) is 2. The maximum atomic E-state index is 10.1. The van der Waals surface area contributed by atoms with Gasteiger partial charge in [0.15, 0.2) is 11.5 Å². The fourth-order valence-electron chi connectivity index (χ4n) is 2.60. The molecule has 0 bridgehead atoms. The zero-order chi connectivity index (χ0) is 17.5. The lowest BCUT2D eigenvalue weighted by atomic mass is 10.0. The number of hydrogen-bond donors (Lipinski definition) is 1. The van der Waals surface area contributed by atoms with Crippen LogP contribution in [0.3, 0.4) is 0 Å². The zero-order valence-corrected chi connectivity index (χ0v) is 14.9. The first-order valence-electron chi connectivity index (χ1n) is 8.17. The minimum Gasteiger partial charge on any atom is -0.504 e. The largest absolute Gasteiger partial charge is 0.504 e. The van der Waals surface area contributed by atoms with Crippen molar-refractivity contribution in [3.05, 3.63) is 59.2 Å². The number of aliphatic imine (C=N–C) groups is 1. The van der Waals surface area contributed by atoms with Crippen LogP contribution in [-0.2, 0) is 6.42 Å². The molecule has 0 saturated carbocycles. The number of ether oxygens (including phenoxy) is 1. The fraction of sp³-hybridized carbons (Fsp3) is 0.350. The molecule has 2 aromatic carbocycles. The molecule has 2 aromatic rings. The third-order valence-corrected chi connectivity index (χ3v) is 4.15. The first kappa shape index (κ1) is 18.0. The van der Waals surface area contributed by atoms with Crippen molar-refractivity contribution < 1.29 is 9.84 Å². The molecule has 4 heteroatoms. The second kappa shape index (κ2) is 8.50. The van der Waals surface area contributed by atoms with Crippen molar-refractivity contribution in [3.63, 3.8) is 0 Å². The van der Waals surface area contributed by atoms with Crippen LogP contribution < -0.4 is 4.74 Å². The highest BCUT2D eigenvalue weighted by Crippen LogP contribution is 2.28. The van der Waals surface area contributed by atoms with E-state index >= 15 is 0 Å². The number of likely N-dealkylation sites (N-methyl/N-ethyl adjacent to an activating group) is 1. The van der Waals surface area contributed by atoms with Crippen LogP contribution in [0, 0.1) is 0 Å². The second-order valence-electron chi connectivity index (χ2n) is 5.97. The Kier molecular flexibility index (Phi) is 6.38. The van der Waals surface area contributed by atoms with Gasteiger partial charge in [-0.05, 0) is 43.8 Å². The first-order chi connectivity index (χ1) is 11.6. The van der Waals surface area contributed by atoms with Gasteiger partial charge in [0.2, 0.25) is 0 Å². The number of hydrogen-bond acceptors (Lipinski definition) is 4. The maximum absolute atomic E-state index is 10.1. The van der Waals surface area contributed by atoms with Crippen molar-refractivity contribution in [2.75, 3.05) is 27.7 Å². The summed E-state index contributed by atoms with van der Waals surface area (Å²) in [5, 5.41) is 10.1. The molecule has 0 aliphatic heterocycles. The van der Waals surface area contributed by atoms with E-state index in [-0.39, 0.29) is 11.8 Å². The standard InChI is InChI=1S/C20H26N2O2/c1-5-15-9-11-16(12-10-15)18(22(2)3)14-21-13-17-7-6-8-19(24-4)20(17)23/h6-13,18,23H,5,14H2,1-4H3/t18-/m1/s1. The highest BCUT2D eigenvalue weighted by atomic mass is 16.5. The highest BCUT2D eigenvalue weighted by molar-refractivity contribution is 5.84. The molecule has 0 heterocycles. The zero-order valence-electron chi connectivity index (χ0n) is 14.9. The van der Waals surface area contributed by atoms with Gasteiger partial charge in [-0.2, -0.15) is 0 Å². The van der Waals surface area contributed by atoms with E-state index in [1.54, 1.807) is 12.3 Å². The summed E-state index contributed by atoms with van der Waals surface area (Å²) >= 11 is 0. The van der Waals surface area contributed by atoms with Gasteiger partial charge >= 0.3 is 0 Å². The Balaban J connectivity index is 2.14. The lowest BCUT2D eigenvalue weighted by Crippen LogP contribution is -2.22. The van der Waals surface area contributed by atoms with Gasteiger partial charge in [-0.15, -0.1) is 0 Å². The van der Waals surface area contributed by atoms with E-state index in [1.807, 2.05) is 12.1 Å². The Morgan fingerprint density at radius 3 is 2.46 bits per heavy atom. The van der Waals surface area contributed by atoms with Crippen molar-refractivity contribution in [2.45, 2.75) is 19.4 Å². The minimum atomic E-state index is 0.123. The van der Waals surface area contributed by atoms with Gasteiger partial charge in [0.25, 0.3) is 0 Å². The van der Waals surface area contributed by atoms with Crippen LogP contribution in [0.5, 0.6) is 11.5 Å². The average molecular weight is 326 g/mol. The third-order valence-electron chi connectivity index (χ3n) is 4.15. The number of methoxy groups -OCH3 is 1. The van der Waals surface area contributed by atoms with Crippen molar-refractivity contribution >= 4 is 6.21 Å². The monoisotopic (exact) mass is 326 g/mol. The van der Waals surface area contributed by atoms with Crippen LogP contribution in [-0.4, -0.2) is 44.0 Å². The molecule has 0 radical (unpaired) electrons. The molecule has 1 atom stereocenters. The molecule has 0 aliphatic carbocycles. The van der Waals surface area contributed by atoms with E-state index < -0.39 is 0 Å². The summed E-state index contributed by atoms with van der Waals surface area (Å²) in [6, 6.07) is 14.3. The number of phenols is 1. The van der Waals surface area contributed by atoms with Crippen molar-refractivity contribution in [2.24, 2.45) is 4.99 Å². The van der Waals surface area contributed by atoms with Crippen molar-refractivity contribution in [3.8, 4) is 11.5 Å². The smallest absolute Gasteiger partial charge is 0.166 e. The summed E-state index contributed by atoms with van der Waals surface area (Å²) in [6.45, 7) is 2.78. The van der Waals surface area contributed by atoms with Crippen molar-refractivity contribution in [1.82, 2.24) is 4.90 Å². The van der Waals surface area contributed by atoms with Crippen LogP contribution in [0.15, 0.2) is 47.5 Å². The Labute approximate surface area is 144 Å². The number of aromatic hydroxyl groups is 1. The van der Waals surface area contributed by atoms with Crippen LogP contribution in [0.1, 0.15) is 29.7 Å². The van der Waals surface area contributed by atoms with Gasteiger partial charge in [0.1, 0.15) is 0 Å². The quantitative estimate of drug-likeness (QED) is 0.789. The molecule has 0 unspecified atom stereocenters. The van der Waals surface area contributed by atoms with Gasteiger partial charge in [0, 0.05) is 11.8 Å². The molecule has 4 nitrogen and oxygen atoms in total. The predicted octanol–water partition coefficient (Wildman–Crippen LogP) is 3.69. The van der Waals surface area contributed by atoms with Gasteiger partial charge < -0.3 is 14.7 Å². The maximum Gasteiger partial charge on any atom is 0.166 e. The van der Waals surface area contributed by atoms with Gasteiger partial charge in [-0.1, -0.05) is 37.3 Å². The fourth-order valence-corrected chi connectivity index (χ4v) is 2.60. The van der Waals surface area contributed by atoms with E-state index in [9.17, 15) is 5.11 Å². The van der Waals surface area contributed by atoms with Gasteiger partial charge in [-0.3, -0.25) is 4.99 Å². The van der Waals surface area contributed by atoms with Crippen LogP contribution in [0.25, 0.3) is 0 Å². The molecule has 2 rings (SSSR count). The number of rotatable bonds is 7. The number of phenolic OH excluding ortho intramolecular Hbond substituents is 1. The molecule has 0 saturated heterocycles. The summed E-state index contributed by atoms with van der Waals surface area (Å²) in [7, 11) is 5.64. The van der Waals surface area contributed by atoms with Crippen molar-refractivity contribution in [1.29, 1.82) is 0 Å². The van der Waals surface area contributed by atoms with E-state index in [4.69, 9.17) is 4.74 Å². The Morgan fingerprint density at radius 2 is 1.88 bits per heavy atom. The number of para-hydroxylation sites is 1. The topological polar surface area (TPSA) is 45.1 Å². The Bertz CT molecular complexity index is 679. The summed E-state index contributed by atoms with van der Waals surface area (Å²) in [6.07, 6.45) is 2.74. The van der Waals surface area contributed by atoms with Crippen LogP contribution in [0.4, 0.5) is 0 Å². The third kappa shape index (κ3) is 4.36. The minimum absolute atomic E-state index is 0.123. The SMILES string of the molecule is CCc1ccc([C@@H](CN=Cc2cccc(OC)c2O)N(C)C)cc1. The Morgan fingerprint density at radius 1 is 1.17 bits per heavy atom. The predicted molar refractivity (Wildman–Crippen MR) is 99.4 cm³/mol. The molecule has 0 fully saturated rings. The van der Waals surface area contributed by atoms with E-state index in [1.165, 1.54) is 18.2 Å². The van der Waals surface area contributed by atoms with E-state index in [2.05, 4.69) is 55.2 Å². The summed E-state index contributed by atoms with van der Waals surface area (Å²) in [5.41, 5.74) is 3.23. The molecule has 0 aromatic heterocycles. The number of aryl methyl sites for hydroxylation is 1. The summed E-state index contributed by atoms with van der Waals surface area (Å²) < 4.78 is 5.12. The van der Waals surface area contributed by atoms with Gasteiger partial charge in [-0.25, -0.2) is 0 Å². The Hall–Kier alpha value is -2.33. The van der Waals surface area contributed by atoms with Gasteiger partial charge in [0.05, 0.1) is 19.7 Å². The normalized spacial score (nSPS) is 12.7. The molecule has 24 heavy (non-hydrogen) atoms. The molecular weight excluding hydrogens is 300 g/mol. The lowest BCUT2D eigenvalue weighted by molar-refractivity contribution is 0.307. The molecule has 0 aliphatic rings. The highest BCUT2D eigenvalue weighted by Gasteiger charge is 2.13.